The molecule has 0 radical (unpaired) electrons. The lowest BCUT2D eigenvalue weighted by Crippen LogP contribution is -2.00. The molecule has 2 nitrogen and oxygen atoms in total. The van der Waals surface area contributed by atoms with Crippen molar-refractivity contribution < 1.29 is 0 Å². The van der Waals surface area contributed by atoms with Crippen LogP contribution in [-0.2, 0) is 0 Å². The Morgan fingerprint density at radius 3 is 2.82 bits per heavy atom. The van der Waals surface area contributed by atoms with Crippen LogP contribution < -0.4 is 5.73 Å². The number of pyridine rings is 1. The number of rotatable bonds is 2. The second kappa shape index (κ2) is 3.51. The Balaban J connectivity index is 2.90. The van der Waals surface area contributed by atoms with E-state index in [0.29, 0.717) is 11.7 Å². The predicted octanol–water partition coefficient (Wildman–Crippen LogP) is 1.71. The quantitative estimate of drug-likeness (QED) is 0.683. The van der Waals surface area contributed by atoms with Gasteiger partial charge in [-0.3, -0.25) is 0 Å². The van der Waals surface area contributed by atoms with E-state index >= 15 is 0 Å². The van der Waals surface area contributed by atoms with Gasteiger partial charge in [-0.2, -0.15) is 0 Å². The lowest BCUT2D eigenvalue weighted by molar-refractivity contribution is 1.24. The molecule has 0 atom stereocenters. The topological polar surface area (TPSA) is 38.9 Å². The highest BCUT2D eigenvalue weighted by Gasteiger charge is 1.95. The lowest BCUT2D eigenvalue weighted by Gasteiger charge is -2.00. The molecular formula is C8H9ClN2. The molecule has 1 aromatic rings. The van der Waals surface area contributed by atoms with Crippen molar-refractivity contribution in [2.75, 3.05) is 6.54 Å². The van der Waals surface area contributed by atoms with Crippen LogP contribution in [0.5, 0.6) is 0 Å². The molecular weight excluding hydrogens is 160 g/mol. The number of aromatic nitrogens is 1. The number of hydrogen-bond donors (Lipinski definition) is 1. The lowest BCUT2D eigenvalue weighted by atomic mass is 10.1. The minimum Gasteiger partial charge on any atom is -0.326 e. The molecule has 0 amide bonds. The summed E-state index contributed by atoms with van der Waals surface area (Å²) in [5.74, 6) is 0. The van der Waals surface area contributed by atoms with E-state index in [0.717, 1.165) is 11.1 Å². The molecule has 0 aliphatic carbocycles. The summed E-state index contributed by atoms with van der Waals surface area (Å²) in [7, 11) is 0. The first-order chi connectivity index (χ1) is 5.24. The van der Waals surface area contributed by atoms with Gasteiger partial charge in [-0.25, -0.2) is 4.98 Å². The van der Waals surface area contributed by atoms with E-state index < -0.39 is 0 Å². The summed E-state index contributed by atoms with van der Waals surface area (Å²) in [5, 5.41) is 0.485. The minimum atomic E-state index is 0.448. The number of hydrogen-bond acceptors (Lipinski definition) is 2. The van der Waals surface area contributed by atoms with Gasteiger partial charge in [0.25, 0.3) is 0 Å². The third-order valence-electron chi connectivity index (χ3n) is 1.38. The van der Waals surface area contributed by atoms with Gasteiger partial charge in [0, 0.05) is 12.7 Å². The Kier molecular flexibility index (Phi) is 2.63. The van der Waals surface area contributed by atoms with Crippen molar-refractivity contribution in [1.29, 1.82) is 0 Å². The second-order valence-corrected chi connectivity index (χ2v) is 2.56. The van der Waals surface area contributed by atoms with Crippen molar-refractivity contribution in [1.82, 2.24) is 4.98 Å². The van der Waals surface area contributed by atoms with E-state index in [1.807, 2.05) is 6.07 Å². The van der Waals surface area contributed by atoms with Gasteiger partial charge in [0.05, 0.1) is 0 Å². The van der Waals surface area contributed by atoms with Gasteiger partial charge in [0.1, 0.15) is 5.15 Å². The van der Waals surface area contributed by atoms with Crippen molar-refractivity contribution in [3.8, 4) is 0 Å². The van der Waals surface area contributed by atoms with Crippen LogP contribution in [0.4, 0.5) is 0 Å². The van der Waals surface area contributed by atoms with E-state index in [4.69, 9.17) is 17.3 Å². The van der Waals surface area contributed by atoms with Crippen molar-refractivity contribution in [2.45, 2.75) is 0 Å². The summed E-state index contributed by atoms with van der Waals surface area (Å²) in [5.41, 5.74) is 7.19. The Labute approximate surface area is 70.7 Å². The molecule has 0 saturated carbocycles. The van der Waals surface area contributed by atoms with Gasteiger partial charge in [-0.1, -0.05) is 24.2 Å². The normalized spacial score (nSPS) is 9.64. The van der Waals surface area contributed by atoms with Gasteiger partial charge in [0.2, 0.25) is 0 Å². The molecule has 3 heteroatoms. The van der Waals surface area contributed by atoms with Crippen LogP contribution in [0, 0.1) is 0 Å². The van der Waals surface area contributed by atoms with Crippen molar-refractivity contribution >= 4 is 17.2 Å². The fraction of sp³-hybridized carbons (Fsp3) is 0.125. The Morgan fingerprint density at radius 1 is 1.64 bits per heavy atom. The molecule has 1 aromatic heterocycles. The molecule has 0 spiro atoms. The van der Waals surface area contributed by atoms with E-state index in [1.165, 1.54) is 0 Å². The zero-order valence-corrected chi connectivity index (χ0v) is 6.80. The van der Waals surface area contributed by atoms with Gasteiger partial charge in [-0.05, 0) is 17.2 Å². The van der Waals surface area contributed by atoms with Crippen molar-refractivity contribution in [3.63, 3.8) is 0 Å². The molecule has 11 heavy (non-hydrogen) atoms. The molecule has 0 aromatic carbocycles. The summed E-state index contributed by atoms with van der Waals surface area (Å²) in [6.07, 6.45) is 1.66. The van der Waals surface area contributed by atoms with Crippen LogP contribution >= 0.6 is 11.6 Å². The predicted molar refractivity (Wildman–Crippen MR) is 47.3 cm³/mol. The average molecular weight is 169 g/mol. The maximum absolute atomic E-state index is 5.59. The van der Waals surface area contributed by atoms with Crippen molar-refractivity contribution in [2.24, 2.45) is 5.73 Å². The molecule has 0 fully saturated rings. The van der Waals surface area contributed by atoms with Crippen LogP contribution in [0.1, 0.15) is 5.56 Å². The van der Waals surface area contributed by atoms with Crippen LogP contribution in [-0.4, -0.2) is 11.5 Å². The highest BCUT2D eigenvalue weighted by atomic mass is 35.5. The summed E-state index contributed by atoms with van der Waals surface area (Å²) in [6, 6.07) is 3.57. The summed E-state index contributed by atoms with van der Waals surface area (Å²) < 4.78 is 0. The summed E-state index contributed by atoms with van der Waals surface area (Å²) >= 11 is 5.59. The Bertz CT molecular complexity index is 253. The van der Waals surface area contributed by atoms with E-state index in [2.05, 4.69) is 11.6 Å². The monoisotopic (exact) mass is 168 g/mol. The second-order valence-electron chi connectivity index (χ2n) is 2.18. The fourth-order valence-electron chi connectivity index (χ4n) is 0.703. The average Bonchev–Trinajstić information content (AvgIpc) is 2.05. The molecule has 0 unspecified atom stereocenters. The van der Waals surface area contributed by atoms with E-state index in [1.54, 1.807) is 12.3 Å². The van der Waals surface area contributed by atoms with Crippen LogP contribution in [0.15, 0.2) is 24.9 Å². The smallest absolute Gasteiger partial charge is 0.129 e. The van der Waals surface area contributed by atoms with Gasteiger partial charge in [-0.15, -0.1) is 0 Å². The largest absolute Gasteiger partial charge is 0.326 e. The third-order valence-corrected chi connectivity index (χ3v) is 1.61. The van der Waals surface area contributed by atoms with Gasteiger partial charge < -0.3 is 5.73 Å². The molecule has 58 valence electrons. The van der Waals surface area contributed by atoms with E-state index in [-0.39, 0.29) is 0 Å². The molecule has 1 rings (SSSR count). The van der Waals surface area contributed by atoms with Gasteiger partial charge in [0.15, 0.2) is 0 Å². The van der Waals surface area contributed by atoms with Crippen LogP contribution in [0.2, 0.25) is 5.15 Å². The molecule has 1 heterocycles. The molecule has 0 saturated heterocycles. The standard InChI is InChI=1S/C8H9ClN2/c1-6(4-10)7-2-3-8(9)11-5-7/h2-3,5H,1,4,10H2. The molecule has 0 aliphatic heterocycles. The zero-order valence-electron chi connectivity index (χ0n) is 6.05. The molecule has 0 bridgehead atoms. The number of nitrogens with zero attached hydrogens (tertiary/aromatic N) is 1. The SMILES string of the molecule is C=C(CN)c1ccc(Cl)nc1. The highest BCUT2D eigenvalue weighted by molar-refractivity contribution is 6.29. The highest BCUT2D eigenvalue weighted by Crippen LogP contribution is 2.11. The maximum Gasteiger partial charge on any atom is 0.129 e. The summed E-state index contributed by atoms with van der Waals surface area (Å²) in [6.45, 7) is 4.21. The van der Waals surface area contributed by atoms with Crippen LogP contribution in [0.3, 0.4) is 0 Å². The first-order valence-electron chi connectivity index (χ1n) is 3.24. The zero-order chi connectivity index (χ0) is 8.27. The van der Waals surface area contributed by atoms with E-state index in [9.17, 15) is 0 Å². The summed E-state index contributed by atoms with van der Waals surface area (Å²) in [4.78, 5) is 3.90. The Hall–Kier alpha value is -0.860. The minimum absolute atomic E-state index is 0.448. The maximum atomic E-state index is 5.59. The Morgan fingerprint density at radius 2 is 2.36 bits per heavy atom. The number of nitrogens with two attached hydrogens (primary N) is 1. The van der Waals surface area contributed by atoms with Gasteiger partial charge >= 0.3 is 0 Å². The third kappa shape index (κ3) is 2.03. The van der Waals surface area contributed by atoms with Crippen molar-refractivity contribution in [3.05, 3.63) is 35.6 Å². The number of halogens is 1. The van der Waals surface area contributed by atoms with Crippen LogP contribution in [0.25, 0.3) is 5.57 Å². The first-order valence-corrected chi connectivity index (χ1v) is 3.61. The fourth-order valence-corrected chi connectivity index (χ4v) is 0.815. The molecule has 2 N–H and O–H groups in total. The molecule has 0 aliphatic rings. The first kappa shape index (κ1) is 8.24.